The van der Waals surface area contributed by atoms with Crippen molar-refractivity contribution in [2.45, 2.75) is 17.9 Å². The minimum absolute atomic E-state index is 0.0114. The van der Waals surface area contributed by atoms with E-state index in [1.165, 1.54) is 18.2 Å². The summed E-state index contributed by atoms with van der Waals surface area (Å²) in [5, 5.41) is 8.18. The number of carbonyl (C=O) groups is 1. The molecule has 0 aromatic heterocycles. The van der Waals surface area contributed by atoms with Crippen LogP contribution in [0.15, 0.2) is 41.3 Å². The van der Waals surface area contributed by atoms with Gasteiger partial charge in [-0.25, -0.2) is 13.6 Å². The van der Waals surface area contributed by atoms with E-state index in [2.05, 4.69) is 5.32 Å². The summed E-state index contributed by atoms with van der Waals surface area (Å²) in [5.74, 6) is 0.496. The first kappa shape index (κ1) is 17.5. The molecule has 7 nitrogen and oxygen atoms in total. The van der Waals surface area contributed by atoms with E-state index in [4.69, 9.17) is 26.2 Å². The third kappa shape index (κ3) is 3.71. The van der Waals surface area contributed by atoms with Crippen molar-refractivity contribution >= 4 is 27.5 Å². The number of primary sulfonamides is 1. The van der Waals surface area contributed by atoms with Crippen molar-refractivity contribution in [2.24, 2.45) is 5.14 Å². The molecule has 0 aliphatic carbocycles. The number of nitrogens with two attached hydrogens (primary N) is 1. The lowest BCUT2D eigenvalue weighted by Crippen LogP contribution is -2.26. The van der Waals surface area contributed by atoms with Gasteiger partial charge in [-0.1, -0.05) is 23.7 Å². The maximum absolute atomic E-state index is 12.4. The van der Waals surface area contributed by atoms with Crippen LogP contribution in [0.25, 0.3) is 0 Å². The first-order valence-electron chi connectivity index (χ1n) is 7.28. The molecule has 1 atom stereocenters. The van der Waals surface area contributed by atoms with Gasteiger partial charge in [-0.05, 0) is 36.8 Å². The number of amides is 1. The standard InChI is InChI=1S/C16H15ClN2O5S/c1-9(10-2-4-12(5-3-10)25(18,21)22)19-16(20)11-6-13(17)15-14(7-11)23-8-24-15/h2-7,9H,8H2,1H3,(H,19,20)(H2,18,21,22). The fraction of sp³-hybridized carbons (Fsp3) is 0.188. The molecule has 2 aromatic rings. The van der Waals surface area contributed by atoms with Crippen LogP contribution in [0.3, 0.4) is 0 Å². The molecule has 25 heavy (non-hydrogen) atoms. The molecule has 132 valence electrons. The van der Waals surface area contributed by atoms with Crippen molar-refractivity contribution in [2.75, 3.05) is 6.79 Å². The van der Waals surface area contributed by atoms with Crippen molar-refractivity contribution in [3.63, 3.8) is 0 Å². The summed E-state index contributed by atoms with van der Waals surface area (Å²) in [7, 11) is -3.75. The van der Waals surface area contributed by atoms with Crippen LogP contribution in [0.2, 0.25) is 5.02 Å². The van der Waals surface area contributed by atoms with Crippen molar-refractivity contribution in [3.8, 4) is 11.5 Å². The predicted molar refractivity (Wildman–Crippen MR) is 91.3 cm³/mol. The van der Waals surface area contributed by atoms with E-state index >= 15 is 0 Å². The molecule has 2 aromatic carbocycles. The van der Waals surface area contributed by atoms with E-state index in [1.807, 2.05) is 0 Å². The molecule has 0 saturated carbocycles. The molecule has 3 N–H and O–H groups in total. The molecule has 0 radical (unpaired) electrons. The Hall–Kier alpha value is -2.29. The maximum atomic E-state index is 12.4. The monoisotopic (exact) mass is 382 g/mol. The molecule has 1 amide bonds. The Labute approximate surface area is 149 Å². The third-order valence-corrected chi connectivity index (χ3v) is 4.96. The second-order valence-electron chi connectivity index (χ2n) is 5.50. The summed E-state index contributed by atoms with van der Waals surface area (Å²) in [6.07, 6.45) is 0. The Kier molecular flexibility index (Phi) is 4.59. The zero-order valence-corrected chi connectivity index (χ0v) is 14.7. The summed E-state index contributed by atoms with van der Waals surface area (Å²) in [6.45, 7) is 1.84. The molecule has 1 aliphatic heterocycles. The zero-order chi connectivity index (χ0) is 18.2. The largest absolute Gasteiger partial charge is 0.454 e. The molecule has 1 unspecified atom stereocenters. The Morgan fingerprint density at radius 2 is 1.92 bits per heavy atom. The van der Waals surface area contributed by atoms with Crippen LogP contribution in [-0.2, 0) is 10.0 Å². The number of fused-ring (bicyclic) bond motifs is 1. The molecule has 0 spiro atoms. The van der Waals surface area contributed by atoms with Gasteiger partial charge in [0, 0.05) is 5.56 Å². The van der Waals surface area contributed by atoms with Crippen molar-refractivity contribution in [1.82, 2.24) is 5.32 Å². The predicted octanol–water partition coefficient (Wildman–Crippen LogP) is 2.21. The normalized spacial score (nSPS) is 14.2. The smallest absolute Gasteiger partial charge is 0.251 e. The molecular weight excluding hydrogens is 368 g/mol. The van der Waals surface area contributed by atoms with Crippen molar-refractivity contribution in [1.29, 1.82) is 0 Å². The fourth-order valence-electron chi connectivity index (χ4n) is 2.41. The van der Waals surface area contributed by atoms with Gasteiger partial charge in [-0.2, -0.15) is 0 Å². The Bertz CT molecular complexity index is 928. The lowest BCUT2D eigenvalue weighted by Gasteiger charge is -2.15. The maximum Gasteiger partial charge on any atom is 0.251 e. The molecule has 0 bridgehead atoms. The van der Waals surface area contributed by atoms with E-state index in [9.17, 15) is 13.2 Å². The highest BCUT2D eigenvalue weighted by Gasteiger charge is 2.21. The van der Waals surface area contributed by atoms with Crippen LogP contribution in [0.1, 0.15) is 28.9 Å². The van der Waals surface area contributed by atoms with Crippen LogP contribution in [0.4, 0.5) is 0 Å². The van der Waals surface area contributed by atoms with Crippen molar-refractivity contribution < 1.29 is 22.7 Å². The number of nitrogens with one attached hydrogen (secondary N) is 1. The highest BCUT2D eigenvalue weighted by atomic mass is 35.5. The van der Waals surface area contributed by atoms with E-state index in [0.717, 1.165) is 5.56 Å². The van der Waals surface area contributed by atoms with Crippen LogP contribution in [0.5, 0.6) is 11.5 Å². The topological polar surface area (TPSA) is 108 Å². The first-order valence-corrected chi connectivity index (χ1v) is 9.21. The Balaban J connectivity index is 1.76. The Morgan fingerprint density at radius 1 is 1.24 bits per heavy atom. The van der Waals surface area contributed by atoms with Gasteiger partial charge in [-0.3, -0.25) is 4.79 Å². The molecule has 1 heterocycles. The molecule has 0 fully saturated rings. The number of sulfonamides is 1. The van der Waals surface area contributed by atoms with Crippen LogP contribution in [0, 0.1) is 0 Å². The second-order valence-corrected chi connectivity index (χ2v) is 7.47. The zero-order valence-electron chi connectivity index (χ0n) is 13.2. The molecule has 1 aliphatic rings. The number of carbonyl (C=O) groups excluding carboxylic acids is 1. The van der Waals surface area contributed by atoms with Gasteiger partial charge in [0.25, 0.3) is 5.91 Å². The highest BCUT2D eigenvalue weighted by molar-refractivity contribution is 7.89. The number of hydrogen-bond acceptors (Lipinski definition) is 5. The summed E-state index contributed by atoms with van der Waals surface area (Å²) in [5.41, 5.74) is 1.06. The second kappa shape index (κ2) is 6.55. The quantitative estimate of drug-likeness (QED) is 0.842. The van der Waals surface area contributed by atoms with Gasteiger partial charge >= 0.3 is 0 Å². The third-order valence-electron chi connectivity index (χ3n) is 3.75. The molecule has 3 rings (SSSR count). The first-order chi connectivity index (χ1) is 11.8. The number of benzene rings is 2. The van der Waals surface area contributed by atoms with Crippen LogP contribution >= 0.6 is 11.6 Å². The van der Waals surface area contributed by atoms with Crippen LogP contribution < -0.4 is 19.9 Å². The summed E-state index contributed by atoms with van der Waals surface area (Å²) >= 11 is 6.08. The van der Waals surface area contributed by atoms with Crippen LogP contribution in [-0.4, -0.2) is 21.1 Å². The summed E-state index contributed by atoms with van der Waals surface area (Å²) in [4.78, 5) is 12.4. The van der Waals surface area contributed by atoms with Gasteiger partial charge < -0.3 is 14.8 Å². The Morgan fingerprint density at radius 3 is 2.56 bits per heavy atom. The minimum atomic E-state index is -3.75. The van der Waals surface area contributed by atoms with E-state index in [1.54, 1.807) is 25.1 Å². The number of rotatable bonds is 4. The minimum Gasteiger partial charge on any atom is -0.454 e. The highest BCUT2D eigenvalue weighted by Crippen LogP contribution is 2.39. The number of ether oxygens (including phenoxy) is 2. The molecule has 9 heteroatoms. The van der Waals surface area contributed by atoms with Gasteiger partial charge in [0.05, 0.1) is 16.0 Å². The van der Waals surface area contributed by atoms with E-state index in [-0.39, 0.29) is 23.6 Å². The SMILES string of the molecule is CC(NC(=O)c1cc(Cl)c2c(c1)OCO2)c1ccc(S(N)(=O)=O)cc1. The van der Waals surface area contributed by atoms with E-state index in [0.29, 0.717) is 22.1 Å². The summed E-state index contributed by atoms with van der Waals surface area (Å²) < 4.78 is 33.0. The fourth-order valence-corrected chi connectivity index (χ4v) is 3.19. The average molecular weight is 383 g/mol. The molecule has 0 saturated heterocycles. The van der Waals surface area contributed by atoms with Gasteiger partial charge in [0.2, 0.25) is 16.8 Å². The molecular formula is C16H15ClN2O5S. The van der Waals surface area contributed by atoms with Crippen molar-refractivity contribution in [3.05, 3.63) is 52.5 Å². The number of hydrogen-bond donors (Lipinski definition) is 2. The lowest BCUT2D eigenvalue weighted by molar-refractivity contribution is 0.0939. The number of halogens is 1. The van der Waals surface area contributed by atoms with Gasteiger partial charge in [-0.15, -0.1) is 0 Å². The lowest BCUT2D eigenvalue weighted by atomic mass is 10.1. The van der Waals surface area contributed by atoms with E-state index < -0.39 is 10.0 Å². The van der Waals surface area contributed by atoms with Gasteiger partial charge in [0.15, 0.2) is 11.5 Å². The summed E-state index contributed by atoms with van der Waals surface area (Å²) in [6, 6.07) is 8.68. The van der Waals surface area contributed by atoms with Gasteiger partial charge in [0.1, 0.15) is 0 Å². The average Bonchev–Trinajstić information content (AvgIpc) is 3.03.